The molecule has 0 bridgehead atoms. The van der Waals surface area contributed by atoms with Gasteiger partial charge in [0.25, 0.3) is 5.91 Å². The quantitative estimate of drug-likeness (QED) is 0.623. The standard InChI is InChI=1S/C22H27N7O3/c1-14-11-17(29(32)19-18(14)20(30)27-22(19)7-3-2-4-8-22)25-15-12-16(24-13-23-15)26-21(31)28-9-5-6-10-28/h11-13,32H,2-10H2,1H3,(H,27,30)(H,23,24,26,31). The predicted octanol–water partition coefficient (Wildman–Crippen LogP) is 2.59. The molecule has 3 N–H and O–H groups in total. The molecule has 10 nitrogen and oxygen atoms in total. The predicted molar refractivity (Wildman–Crippen MR) is 116 cm³/mol. The number of nitrogens with one attached hydrogen (secondary N) is 2. The van der Waals surface area contributed by atoms with E-state index < -0.39 is 5.54 Å². The molecule has 1 saturated heterocycles. The van der Waals surface area contributed by atoms with Gasteiger partial charge in [-0.3, -0.25) is 10.1 Å². The number of carbonyl (C=O) groups excluding carboxylic acids is 2. The van der Waals surface area contributed by atoms with Crippen molar-refractivity contribution >= 4 is 23.6 Å². The van der Waals surface area contributed by atoms with Gasteiger partial charge in [-0.1, -0.05) is 19.3 Å². The van der Waals surface area contributed by atoms with Crippen LogP contribution in [0.1, 0.15) is 66.6 Å². The Bertz CT molecular complexity index is 1140. The average Bonchev–Trinajstić information content (AvgIpc) is 3.40. The summed E-state index contributed by atoms with van der Waals surface area (Å²) in [5, 5.41) is 17.0. The van der Waals surface area contributed by atoms with Crippen molar-refractivity contribution in [1.29, 1.82) is 0 Å². The second-order valence-corrected chi connectivity index (χ2v) is 8.82. The number of fused-ring (bicyclic) bond motifs is 2. The summed E-state index contributed by atoms with van der Waals surface area (Å²) in [6, 6.07) is 3.04. The van der Waals surface area contributed by atoms with Gasteiger partial charge in [0.1, 0.15) is 12.1 Å². The number of rotatable bonds is 2. The molecule has 2 aromatic rings. The highest BCUT2D eigenvalue weighted by molar-refractivity contribution is 6.00. The first-order valence-corrected chi connectivity index (χ1v) is 11.2. The summed E-state index contributed by atoms with van der Waals surface area (Å²) < 4.78 is 1.02. The fourth-order valence-corrected chi connectivity index (χ4v) is 5.10. The number of pyridine rings is 1. The van der Waals surface area contributed by atoms with Crippen LogP contribution in [0, 0.1) is 6.92 Å². The van der Waals surface area contributed by atoms with Crippen molar-refractivity contribution in [1.82, 2.24) is 24.9 Å². The summed E-state index contributed by atoms with van der Waals surface area (Å²) in [6.07, 6.45) is 8.01. The van der Waals surface area contributed by atoms with Crippen molar-refractivity contribution in [3.05, 3.63) is 40.8 Å². The number of amides is 3. The van der Waals surface area contributed by atoms with Crippen LogP contribution in [0.15, 0.2) is 23.5 Å². The Kier molecular flexibility index (Phi) is 5.07. The Balaban J connectivity index is 1.51. The second-order valence-electron chi connectivity index (χ2n) is 8.82. The third-order valence-corrected chi connectivity index (χ3v) is 6.66. The molecule has 0 unspecified atom stereocenters. The zero-order chi connectivity index (χ0) is 22.3. The van der Waals surface area contributed by atoms with E-state index in [1.807, 2.05) is 6.92 Å². The van der Waals surface area contributed by atoms with Gasteiger partial charge >= 0.3 is 6.03 Å². The number of aryl methyl sites for hydroxylation is 1. The average molecular weight is 438 g/mol. The smallest absolute Gasteiger partial charge is 0.323 e. The van der Waals surface area contributed by atoms with Gasteiger partial charge in [0, 0.05) is 19.2 Å². The van der Waals surface area contributed by atoms with Crippen LogP contribution < -0.4 is 16.1 Å². The molecule has 168 valence electrons. The summed E-state index contributed by atoms with van der Waals surface area (Å²) in [6.45, 7) is 3.32. The van der Waals surface area contributed by atoms with Crippen LogP contribution in [0.4, 0.5) is 16.4 Å². The maximum absolute atomic E-state index is 12.7. The van der Waals surface area contributed by atoms with Gasteiger partial charge in [0.05, 0.1) is 16.8 Å². The highest BCUT2D eigenvalue weighted by Crippen LogP contribution is 2.42. The van der Waals surface area contributed by atoms with Gasteiger partial charge in [-0.05, 0) is 44.2 Å². The van der Waals surface area contributed by atoms with Crippen molar-refractivity contribution in [2.75, 3.05) is 18.4 Å². The molecule has 4 heterocycles. The minimum absolute atomic E-state index is 0.150. The third kappa shape index (κ3) is 3.49. The Morgan fingerprint density at radius 2 is 1.91 bits per heavy atom. The van der Waals surface area contributed by atoms with E-state index in [2.05, 4.69) is 25.6 Å². The molecule has 32 heavy (non-hydrogen) atoms. The lowest BCUT2D eigenvalue weighted by molar-refractivity contribution is 0.0891. The van der Waals surface area contributed by atoms with Crippen LogP contribution in [-0.2, 0) is 5.54 Å². The van der Waals surface area contributed by atoms with E-state index in [9.17, 15) is 14.8 Å². The Morgan fingerprint density at radius 1 is 1.16 bits per heavy atom. The van der Waals surface area contributed by atoms with E-state index in [-0.39, 0.29) is 17.4 Å². The van der Waals surface area contributed by atoms with Crippen LogP contribution in [0.5, 0.6) is 0 Å². The van der Waals surface area contributed by atoms with Gasteiger partial charge in [0.2, 0.25) is 0 Å². The minimum Gasteiger partial charge on any atom is -0.427 e. The lowest BCUT2D eigenvalue weighted by Gasteiger charge is -2.34. The van der Waals surface area contributed by atoms with Gasteiger partial charge in [-0.2, -0.15) is 4.73 Å². The molecule has 3 amide bonds. The Morgan fingerprint density at radius 3 is 2.66 bits per heavy atom. The number of likely N-dealkylation sites (tertiary alicyclic amines) is 1. The van der Waals surface area contributed by atoms with Crippen LogP contribution >= 0.6 is 0 Å². The number of nitrogens with zero attached hydrogens (tertiary/aromatic N) is 5. The number of carbonyl (C=O) groups is 2. The summed E-state index contributed by atoms with van der Waals surface area (Å²) in [4.78, 5) is 39.6. The number of hydrogen-bond acceptors (Lipinski definition) is 6. The summed E-state index contributed by atoms with van der Waals surface area (Å²) in [7, 11) is 0. The van der Waals surface area contributed by atoms with Gasteiger partial charge in [-0.15, -0.1) is 0 Å². The van der Waals surface area contributed by atoms with Crippen molar-refractivity contribution in [3.63, 3.8) is 0 Å². The zero-order valence-electron chi connectivity index (χ0n) is 18.1. The zero-order valence-corrected chi connectivity index (χ0v) is 18.1. The Hall–Kier alpha value is -3.43. The van der Waals surface area contributed by atoms with Crippen molar-refractivity contribution in [3.8, 4) is 0 Å². The van der Waals surface area contributed by atoms with Gasteiger partial charge in [-0.25, -0.2) is 19.8 Å². The number of hydrogen-bond donors (Lipinski definition) is 3. The SMILES string of the molecule is Cc1cc(=Nc2cc(NC(=O)N3CCCC3)ncn2)n(O)c2c1C(=O)NC21CCCCC1. The molecule has 1 saturated carbocycles. The molecule has 2 aromatic heterocycles. The molecule has 1 spiro atoms. The second kappa shape index (κ2) is 7.92. The normalized spacial score (nSPS) is 19.8. The first-order valence-electron chi connectivity index (χ1n) is 11.2. The summed E-state index contributed by atoms with van der Waals surface area (Å²) in [5.41, 5.74) is 1.57. The monoisotopic (exact) mass is 437 g/mol. The highest BCUT2D eigenvalue weighted by atomic mass is 16.5. The highest BCUT2D eigenvalue weighted by Gasteiger charge is 2.47. The number of aromatic nitrogens is 3. The van der Waals surface area contributed by atoms with Crippen molar-refractivity contribution in [2.45, 2.75) is 57.4 Å². The molecule has 2 fully saturated rings. The van der Waals surface area contributed by atoms with Crippen LogP contribution in [0.25, 0.3) is 0 Å². The van der Waals surface area contributed by atoms with E-state index in [4.69, 9.17) is 0 Å². The van der Waals surface area contributed by atoms with E-state index in [1.165, 1.54) is 6.33 Å². The maximum atomic E-state index is 12.7. The Labute approximate surface area is 185 Å². The van der Waals surface area contributed by atoms with Crippen molar-refractivity contribution < 1.29 is 14.8 Å². The van der Waals surface area contributed by atoms with Crippen molar-refractivity contribution in [2.24, 2.45) is 4.99 Å². The minimum atomic E-state index is -0.559. The van der Waals surface area contributed by atoms with Gasteiger partial charge < -0.3 is 15.4 Å². The molecule has 5 rings (SSSR count). The molecule has 1 aliphatic carbocycles. The molecule has 0 atom stereocenters. The van der Waals surface area contributed by atoms with E-state index >= 15 is 0 Å². The van der Waals surface area contributed by atoms with E-state index in [0.29, 0.717) is 22.9 Å². The molecule has 3 aliphatic rings. The number of urea groups is 1. The fourth-order valence-electron chi connectivity index (χ4n) is 5.10. The summed E-state index contributed by atoms with van der Waals surface area (Å²) in [5.74, 6) is 0.496. The van der Waals surface area contributed by atoms with Crippen LogP contribution in [-0.4, -0.2) is 49.8 Å². The number of anilines is 1. The molecular formula is C22H27N7O3. The van der Waals surface area contributed by atoms with Gasteiger partial charge in [0.15, 0.2) is 11.3 Å². The summed E-state index contributed by atoms with van der Waals surface area (Å²) >= 11 is 0. The first-order chi connectivity index (χ1) is 15.5. The fraction of sp³-hybridized carbons (Fsp3) is 0.500. The third-order valence-electron chi connectivity index (χ3n) is 6.66. The maximum Gasteiger partial charge on any atom is 0.323 e. The molecule has 2 aliphatic heterocycles. The lowest BCUT2D eigenvalue weighted by atomic mass is 9.79. The van der Waals surface area contributed by atoms with Crippen LogP contribution in [0.3, 0.4) is 0 Å². The largest absolute Gasteiger partial charge is 0.427 e. The first kappa shape index (κ1) is 20.5. The lowest BCUT2D eigenvalue weighted by Crippen LogP contribution is -2.43. The molecule has 10 heteroatoms. The molecular weight excluding hydrogens is 410 g/mol. The van der Waals surface area contributed by atoms with E-state index in [1.54, 1.807) is 17.0 Å². The topological polar surface area (TPSA) is 125 Å². The van der Waals surface area contributed by atoms with Crippen LogP contribution in [0.2, 0.25) is 0 Å². The van der Waals surface area contributed by atoms with E-state index in [0.717, 1.165) is 68.3 Å². The molecule has 0 radical (unpaired) electrons. The molecule has 0 aromatic carbocycles.